The van der Waals surface area contributed by atoms with Gasteiger partial charge in [-0.3, -0.25) is 4.79 Å². The van der Waals surface area contributed by atoms with Gasteiger partial charge >= 0.3 is 12.1 Å². The predicted molar refractivity (Wildman–Crippen MR) is 69.1 cm³/mol. The number of nitrogens with zero attached hydrogens (tertiary/aromatic N) is 1. The molecule has 10 heteroatoms. The van der Waals surface area contributed by atoms with E-state index < -0.39 is 30.2 Å². The number of carbonyl (C=O) groups is 2. The van der Waals surface area contributed by atoms with Crippen LogP contribution in [0.5, 0.6) is 5.88 Å². The summed E-state index contributed by atoms with van der Waals surface area (Å²) in [6.45, 7) is -1.56. The summed E-state index contributed by atoms with van der Waals surface area (Å²) in [7, 11) is 0. The van der Waals surface area contributed by atoms with E-state index in [0.29, 0.717) is 0 Å². The molecule has 7 nitrogen and oxygen atoms in total. The first kappa shape index (κ1) is 17.0. The Labute approximate surface area is 128 Å². The minimum Gasteiger partial charge on any atom is -0.479 e. The fraction of sp³-hybridized carbons (Fsp3) is 0.462. The lowest BCUT2D eigenvalue weighted by Crippen LogP contribution is -2.55. The number of amides is 1. The number of pyridine rings is 1. The predicted octanol–water partition coefficient (Wildman–Crippen LogP) is 0.996. The number of carboxylic acids is 1. The smallest absolute Gasteiger partial charge is 0.422 e. The highest BCUT2D eigenvalue weighted by Crippen LogP contribution is 2.20. The number of aliphatic carboxylic acids is 1. The molecule has 0 saturated carbocycles. The zero-order valence-electron chi connectivity index (χ0n) is 11.7. The van der Waals surface area contributed by atoms with Crippen LogP contribution >= 0.6 is 0 Å². The number of carboxylic acid groups (broad SMARTS) is 1. The van der Waals surface area contributed by atoms with Crippen molar-refractivity contribution in [1.82, 2.24) is 10.3 Å². The van der Waals surface area contributed by atoms with E-state index in [1.54, 1.807) is 0 Å². The van der Waals surface area contributed by atoms with Crippen LogP contribution in [0.25, 0.3) is 0 Å². The maximum absolute atomic E-state index is 12.1. The van der Waals surface area contributed by atoms with Gasteiger partial charge in [0.05, 0.1) is 6.61 Å². The van der Waals surface area contributed by atoms with Gasteiger partial charge < -0.3 is 19.9 Å². The number of alkyl halides is 3. The molecule has 0 aromatic carbocycles. The maximum Gasteiger partial charge on any atom is 0.422 e. The second kappa shape index (κ2) is 6.41. The minimum absolute atomic E-state index is 0.0817. The molecule has 23 heavy (non-hydrogen) atoms. The van der Waals surface area contributed by atoms with Crippen LogP contribution in [0.4, 0.5) is 13.2 Å². The standard InChI is InChI=1S/C13H13F3N2O5/c14-13(15,16)7-23-9-3-1-2-8(17-9)10(19)18-12(11(20)21)4-5-22-6-12/h1-3H,4-7H2,(H,18,19)(H,20,21). The number of carbonyl (C=O) groups excluding carboxylic acids is 1. The van der Waals surface area contributed by atoms with Gasteiger partial charge in [-0.1, -0.05) is 6.07 Å². The normalized spacial score (nSPS) is 21.0. The molecule has 1 atom stereocenters. The zero-order chi connectivity index (χ0) is 17.1. The lowest BCUT2D eigenvalue weighted by atomic mass is 9.99. The van der Waals surface area contributed by atoms with Crippen LogP contribution in [0.1, 0.15) is 16.9 Å². The van der Waals surface area contributed by atoms with Crippen molar-refractivity contribution < 1.29 is 37.3 Å². The van der Waals surface area contributed by atoms with Gasteiger partial charge in [-0.25, -0.2) is 9.78 Å². The molecule has 2 heterocycles. The first-order chi connectivity index (χ1) is 10.7. The summed E-state index contributed by atoms with van der Waals surface area (Å²) in [4.78, 5) is 27.0. The van der Waals surface area contributed by atoms with Crippen molar-refractivity contribution in [3.05, 3.63) is 23.9 Å². The first-order valence-corrected chi connectivity index (χ1v) is 6.52. The van der Waals surface area contributed by atoms with E-state index >= 15 is 0 Å². The molecule has 0 radical (unpaired) electrons. The van der Waals surface area contributed by atoms with E-state index in [0.717, 1.165) is 6.07 Å². The molecule has 1 aliphatic rings. The molecular weight excluding hydrogens is 321 g/mol. The molecule has 1 saturated heterocycles. The van der Waals surface area contributed by atoms with E-state index in [2.05, 4.69) is 15.0 Å². The van der Waals surface area contributed by atoms with E-state index in [4.69, 9.17) is 4.74 Å². The second-order valence-electron chi connectivity index (χ2n) is 4.91. The zero-order valence-corrected chi connectivity index (χ0v) is 11.7. The molecule has 1 amide bonds. The van der Waals surface area contributed by atoms with Crippen molar-refractivity contribution >= 4 is 11.9 Å². The van der Waals surface area contributed by atoms with E-state index in [-0.39, 0.29) is 31.2 Å². The largest absolute Gasteiger partial charge is 0.479 e. The molecule has 1 aliphatic heterocycles. The topological polar surface area (TPSA) is 97.8 Å². The van der Waals surface area contributed by atoms with E-state index in [1.165, 1.54) is 12.1 Å². The highest BCUT2D eigenvalue weighted by atomic mass is 19.4. The molecule has 2 N–H and O–H groups in total. The summed E-state index contributed by atoms with van der Waals surface area (Å²) in [5.74, 6) is -2.48. The van der Waals surface area contributed by atoms with Crippen LogP contribution < -0.4 is 10.1 Å². The highest BCUT2D eigenvalue weighted by Gasteiger charge is 2.44. The maximum atomic E-state index is 12.1. The molecule has 0 spiro atoms. The Bertz CT molecular complexity index is 600. The molecule has 1 aromatic heterocycles. The van der Waals surface area contributed by atoms with Crippen LogP contribution in [0, 0.1) is 0 Å². The highest BCUT2D eigenvalue weighted by molar-refractivity contribution is 5.96. The first-order valence-electron chi connectivity index (χ1n) is 6.52. The molecular formula is C13H13F3N2O5. The number of halogens is 3. The minimum atomic E-state index is -4.53. The number of hydrogen-bond acceptors (Lipinski definition) is 5. The van der Waals surface area contributed by atoms with Crippen molar-refractivity contribution in [3.63, 3.8) is 0 Å². The second-order valence-corrected chi connectivity index (χ2v) is 4.91. The summed E-state index contributed by atoms with van der Waals surface area (Å²) in [6.07, 6.45) is -4.45. The van der Waals surface area contributed by atoms with Gasteiger partial charge in [-0.15, -0.1) is 0 Å². The molecule has 1 unspecified atom stereocenters. The van der Waals surface area contributed by atoms with Gasteiger partial charge in [-0.05, 0) is 6.07 Å². The number of ether oxygens (including phenoxy) is 2. The Balaban J connectivity index is 2.09. The summed E-state index contributed by atoms with van der Waals surface area (Å²) < 4.78 is 45.7. The van der Waals surface area contributed by atoms with Crippen molar-refractivity contribution in [2.24, 2.45) is 0 Å². The molecule has 1 fully saturated rings. The van der Waals surface area contributed by atoms with Crippen molar-refractivity contribution in [1.29, 1.82) is 0 Å². The molecule has 1 aromatic rings. The third kappa shape index (κ3) is 4.31. The average molecular weight is 334 g/mol. The molecule has 126 valence electrons. The summed E-state index contributed by atoms with van der Waals surface area (Å²) in [5, 5.41) is 11.5. The number of rotatable bonds is 5. The van der Waals surface area contributed by atoms with Gasteiger partial charge in [0.25, 0.3) is 5.91 Å². The van der Waals surface area contributed by atoms with Crippen LogP contribution in [0.3, 0.4) is 0 Å². The van der Waals surface area contributed by atoms with Gasteiger partial charge in [0.2, 0.25) is 5.88 Å². The fourth-order valence-electron chi connectivity index (χ4n) is 1.94. The molecule has 2 rings (SSSR count). The summed E-state index contributed by atoms with van der Waals surface area (Å²) in [5.41, 5.74) is -1.82. The monoisotopic (exact) mass is 334 g/mol. The number of aromatic nitrogens is 1. The summed E-state index contributed by atoms with van der Waals surface area (Å²) >= 11 is 0. The van der Waals surface area contributed by atoms with Crippen LogP contribution in [-0.4, -0.2) is 53.5 Å². The third-order valence-electron chi connectivity index (χ3n) is 3.12. The Morgan fingerprint density at radius 1 is 1.43 bits per heavy atom. The molecule has 0 aliphatic carbocycles. The van der Waals surface area contributed by atoms with Crippen LogP contribution in [-0.2, 0) is 9.53 Å². The van der Waals surface area contributed by atoms with Crippen molar-refractivity contribution in [2.45, 2.75) is 18.1 Å². The van der Waals surface area contributed by atoms with E-state index in [1.807, 2.05) is 0 Å². The SMILES string of the molecule is O=C(NC1(C(=O)O)CCOC1)c1cccc(OCC(F)(F)F)n1. The van der Waals surface area contributed by atoms with Gasteiger partial charge in [0.15, 0.2) is 12.1 Å². The quantitative estimate of drug-likeness (QED) is 0.834. The Hall–Kier alpha value is -2.36. The van der Waals surface area contributed by atoms with Crippen molar-refractivity contribution in [2.75, 3.05) is 19.8 Å². The van der Waals surface area contributed by atoms with Crippen LogP contribution in [0.15, 0.2) is 18.2 Å². The average Bonchev–Trinajstić information content (AvgIpc) is 2.94. The van der Waals surface area contributed by atoms with Gasteiger partial charge in [-0.2, -0.15) is 13.2 Å². The third-order valence-corrected chi connectivity index (χ3v) is 3.12. The van der Waals surface area contributed by atoms with Gasteiger partial charge in [0, 0.05) is 19.1 Å². The number of nitrogens with one attached hydrogen (secondary N) is 1. The van der Waals surface area contributed by atoms with Crippen LogP contribution in [0.2, 0.25) is 0 Å². The Morgan fingerprint density at radius 2 is 2.17 bits per heavy atom. The lowest BCUT2D eigenvalue weighted by molar-refractivity contribution is -0.154. The van der Waals surface area contributed by atoms with Gasteiger partial charge in [0.1, 0.15) is 5.69 Å². The fourth-order valence-corrected chi connectivity index (χ4v) is 1.94. The Kier molecular flexibility index (Phi) is 4.73. The summed E-state index contributed by atoms with van der Waals surface area (Å²) in [6, 6.07) is 3.68. The van der Waals surface area contributed by atoms with Crippen molar-refractivity contribution in [3.8, 4) is 5.88 Å². The lowest BCUT2D eigenvalue weighted by Gasteiger charge is -2.23. The van der Waals surface area contributed by atoms with E-state index in [9.17, 15) is 27.9 Å². The Morgan fingerprint density at radius 3 is 2.74 bits per heavy atom. The number of hydrogen-bond donors (Lipinski definition) is 2. The molecule has 0 bridgehead atoms.